The predicted molar refractivity (Wildman–Crippen MR) is 98.2 cm³/mol. The van der Waals surface area contributed by atoms with Crippen LogP contribution in [0.1, 0.15) is 37.9 Å². The van der Waals surface area contributed by atoms with Gasteiger partial charge in [-0.3, -0.25) is 0 Å². The van der Waals surface area contributed by atoms with Crippen LogP contribution < -0.4 is 4.74 Å². The van der Waals surface area contributed by atoms with Crippen molar-refractivity contribution in [1.82, 2.24) is 4.98 Å². The van der Waals surface area contributed by atoms with Crippen LogP contribution in [-0.2, 0) is 5.60 Å². The Kier molecular flexibility index (Phi) is 4.80. The first kappa shape index (κ1) is 18.8. The third kappa shape index (κ3) is 3.46. The Morgan fingerprint density at radius 3 is 2.46 bits per heavy atom. The van der Waals surface area contributed by atoms with Gasteiger partial charge in [0.05, 0.1) is 23.4 Å². The third-order valence-electron chi connectivity index (χ3n) is 4.50. The van der Waals surface area contributed by atoms with Gasteiger partial charge < -0.3 is 9.84 Å². The molecule has 0 unspecified atom stereocenters. The van der Waals surface area contributed by atoms with E-state index in [4.69, 9.17) is 16.3 Å². The van der Waals surface area contributed by atoms with E-state index >= 15 is 0 Å². The molecule has 1 aromatic carbocycles. The van der Waals surface area contributed by atoms with Gasteiger partial charge in [0, 0.05) is 17.2 Å². The molecule has 3 rings (SSSR count). The second-order valence-electron chi connectivity index (χ2n) is 7.04. The molecule has 0 saturated heterocycles. The molecule has 0 radical (unpaired) electrons. The van der Waals surface area contributed by atoms with Gasteiger partial charge in [-0.05, 0) is 50.3 Å². The number of hydrogen-bond acceptors (Lipinski definition) is 3. The summed E-state index contributed by atoms with van der Waals surface area (Å²) < 4.78 is 33.5. The van der Waals surface area contributed by atoms with Crippen LogP contribution >= 0.6 is 11.6 Å². The molecule has 0 atom stereocenters. The second-order valence-corrected chi connectivity index (χ2v) is 7.45. The number of allylic oxidation sites excluding steroid dienone is 1. The summed E-state index contributed by atoms with van der Waals surface area (Å²) in [5, 5.41) is 10.4. The second kappa shape index (κ2) is 6.63. The molecule has 1 fully saturated rings. The van der Waals surface area contributed by atoms with E-state index in [1.165, 1.54) is 13.2 Å². The number of aliphatic hydroxyl groups is 1. The average Bonchev–Trinajstić information content (AvgIpc) is 3.40. The van der Waals surface area contributed by atoms with Gasteiger partial charge in [0.2, 0.25) is 0 Å². The summed E-state index contributed by atoms with van der Waals surface area (Å²) in [4.78, 5) is 4.52. The minimum absolute atomic E-state index is 0.00389. The van der Waals surface area contributed by atoms with Crippen LogP contribution in [0.25, 0.3) is 16.8 Å². The molecule has 3 nitrogen and oxygen atoms in total. The third-order valence-corrected chi connectivity index (χ3v) is 4.79. The van der Waals surface area contributed by atoms with E-state index in [9.17, 15) is 13.9 Å². The van der Waals surface area contributed by atoms with E-state index < -0.39 is 17.2 Å². The zero-order valence-corrected chi connectivity index (χ0v) is 15.6. The number of hydrogen-bond donors (Lipinski definition) is 1. The van der Waals surface area contributed by atoms with Crippen molar-refractivity contribution < 1.29 is 18.6 Å². The smallest absolute Gasteiger partial charge is 0.151 e. The maximum Gasteiger partial charge on any atom is 0.151 e. The van der Waals surface area contributed by atoms with Crippen molar-refractivity contribution in [3.8, 4) is 17.0 Å². The Balaban J connectivity index is 2.30. The fraction of sp³-hybridized carbons (Fsp3) is 0.350. The summed E-state index contributed by atoms with van der Waals surface area (Å²) in [6, 6.07) is 3.60. The van der Waals surface area contributed by atoms with Gasteiger partial charge in [0.25, 0.3) is 0 Å². The van der Waals surface area contributed by atoms with Crippen molar-refractivity contribution in [2.75, 3.05) is 7.11 Å². The normalized spacial score (nSPS) is 14.4. The van der Waals surface area contributed by atoms with Gasteiger partial charge in [-0.25, -0.2) is 13.8 Å². The van der Waals surface area contributed by atoms with Gasteiger partial charge >= 0.3 is 0 Å². The van der Waals surface area contributed by atoms with Crippen LogP contribution in [0, 0.1) is 17.6 Å². The summed E-state index contributed by atoms with van der Waals surface area (Å²) in [7, 11) is 1.41. The summed E-state index contributed by atoms with van der Waals surface area (Å²) in [6.07, 6.45) is 2.05. The molecule has 6 heteroatoms. The van der Waals surface area contributed by atoms with E-state index in [2.05, 4.69) is 11.6 Å². The quantitative estimate of drug-likeness (QED) is 0.713. The number of pyridine rings is 1. The molecule has 26 heavy (non-hydrogen) atoms. The fourth-order valence-corrected chi connectivity index (χ4v) is 3.05. The molecule has 0 amide bonds. The Hall–Kier alpha value is -1.98. The molecule has 2 aromatic rings. The summed E-state index contributed by atoms with van der Waals surface area (Å²) in [5.74, 6) is -1.12. The highest BCUT2D eigenvalue weighted by Gasteiger charge is 2.31. The number of aromatic nitrogens is 1. The SMILES string of the molecule is C=C(c1cc(C(C)(C)O)c(OC)c(-c2cc(Cl)c(F)cc2F)n1)C1CC1. The molecule has 1 aromatic heterocycles. The van der Waals surface area contributed by atoms with Crippen molar-refractivity contribution in [2.24, 2.45) is 5.92 Å². The molecule has 0 bridgehead atoms. The van der Waals surface area contributed by atoms with Crippen LogP contribution in [0.2, 0.25) is 5.02 Å². The van der Waals surface area contributed by atoms with E-state index in [1.54, 1.807) is 19.9 Å². The maximum atomic E-state index is 14.5. The molecule has 138 valence electrons. The van der Waals surface area contributed by atoms with Crippen molar-refractivity contribution >= 4 is 17.2 Å². The van der Waals surface area contributed by atoms with Crippen molar-refractivity contribution in [3.05, 3.63) is 52.7 Å². The molecule has 0 spiro atoms. The minimum Gasteiger partial charge on any atom is -0.494 e. The molecule has 0 aliphatic heterocycles. The van der Waals surface area contributed by atoms with Crippen LogP contribution in [0.15, 0.2) is 24.8 Å². The summed E-state index contributed by atoms with van der Waals surface area (Å²) in [6.45, 7) is 7.30. The Morgan fingerprint density at radius 1 is 1.27 bits per heavy atom. The molecule has 1 heterocycles. The predicted octanol–water partition coefficient (Wildman–Crippen LogP) is 5.34. The van der Waals surface area contributed by atoms with E-state index in [1.807, 2.05) is 0 Å². The number of rotatable bonds is 5. The van der Waals surface area contributed by atoms with E-state index in [-0.39, 0.29) is 22.0 Å². The lowest BCUT2D eigenvalue weighted by Crippen LogP contribution is -2.18. The van der Waals surface area contributed by atoms with Gasteiger partial charge in [0.1, 0.15) is 17.3 Å². The first-order chi connectivity index (χ1) is 12.1. The van der Waals surface area contributed by atoms with Gasteiger partial charge in [0.15, 0.2) is 5.75 Å². The number of nitrogens with zero attached hydrogens (tertiary/aromatic N) is 1. The van der Waals surface area contributed by atoms with Gasteiger partial charge in [-0.15, -0.1) is 0 Å². The zero-order valence-electron chi connectivity index (χ0n) is 14.9. The Labute approximate surface area is 156 Å². The van der Waals surface area contributed by atoms with E-state index in [0.29, 0.717) is 23.2 Å². The van der Waals surface area contributed by atoms with Crippen molar-refractivity contribution in [1.29, 1.82) is 0 Å². The van der Waals surface area contributed by atoms with Crippen LogP contribution in [0.4, 0.5) is 8.78 Å². The average molecular weight is 380 g/mol. The number of halogens is 3. The zero-order chi connectivity index (χ0) is 19.2. The lowest BCUT2D eigenvalue weighted by atomic mass is 9.93. The molecular formula is C20H20ClF2NO2. The lowest BCUT2D eigenvalue weighted by Gasteiger charge is -2.24. The fourth-order valence-electron chi connectivity index (χ4n) is 2.89. The largest absolute Gasteiger partial charge is 0.494 e. The maximum absolute atomic E-state index is 14.5. The number of ether oxygens (including phenoxy) is 1. The van der Waals surface area contributed by atoms with Crippen molar-refractivity contribution in [3.63, 3.8) is 0 Å². The molecule has 1 aliphatic carbocycles. The number of methoxy groups -OCH3 is 1. The monoisotopic (exact) mass is 379 g/mol. The molecule has 1 aliphatic rings. The highest BCUT2D eigenvalue weighted by molar-refractivity contribution is 6.31. The lowest BCUT2D eigenvalue weighted by molar-refractivity contribution is 0.0755. The topological polar surface area (TPSA) is 42.4 Å². The first-order valence-corrected chi connectivity index (χ1v) is 8.67. The van der Waals surface area contributed by atoms with Gasteiger partial charge in [-0.2, -0.15) is 0 Å². The van der Waals surface area contributed by atoms with Crippen molar-refractivity contribution in [2.45, 2.75) is 32.3 Å². The van der Waals surface area contributed by atoms with E-state index in [0.717, 1.165) is 18.4 Å². The van der Waals surface area contributed by atoms with Gasteiger partial charge in [-0.1, -0.05) is 18.2 Å². The first-order valence-electron chi connectivity index (χ1n) is 8.29. The molecule has 1 saturated carbocycles. The highest BCUT2D eigenvalue weighted by Crippen LogP contribution is 2.44. The minimum atomic E-state index is -1.26. The highest BCUT2D eigenvalue weighted by atomic mass is 35.5. The standard InChI is InChI=1S/C20H20ClF2NO2/c1-10(11-5-6-11)17-8-13(20(2,3)25)19(26-4)18(24-17)12-7-14(21)16(23)9-15(12)22/h7-9,11,25H,1,5-6H2,2-4H3. The Morgan fingerprint density at radius 2 is 1.92 bits per heavy atom. The van der Waals surface area contributed by atoms with Crippen LogP contribution in [0.3, 0.4) is 0 Å². The Bertz CT molecular complexity index is 886. The van der Waals surface area contributed by atoms with Crippen LogP contribution in [0.5, 0.6) is 5.75 Å². The summed E-state index contributed by atoms with van der Waals surface area (Å²) in [5.41, 5.74) is 0.726. The van der Waals surface area contributed by atoms with Crippen LogP contribution in [-0.4, -0.2) is 17.2 Å². The molecular weight excluding hydrogens is 360 g/mol. The summed E-state index contributed by atoms with van der Waals surface area (Å²) >= 11 is 5.85. The molecule has 1 N–H and O–H groups in total. The number of benzene rings is 1.